The number of rotatable bonds is 4. The van der Waals surface area contributed by atoms with Gasteiger partial charge in [0.2, 0.25) is 0 Å². The van der Waals surface area contributed by atoms with Crippen molar-refractivity contribution in [3.8, 4) is 55.9 Å². The van der Waals surface area contributed by atoms with Crippen molar-refractivity contribution in [3.05, 3.63) is 163 Å². The monoisotopic (exact) mass is 589 g/mol. The fraction of sp³-hybridized carbons (Fsp3) is 0.0682. The number of para-hydroxylation sites is 1. The zero-order chi connectivity index (χ0) is 30.8. The molecule has 0 saturated carbocycles. The first-order valence-corrected chi connectivity index (χ1v) is 15.9. The van der Waals surface area contributed by atoms with Crippen molar-refractivity contribution in [2.24, 2.45) is 0 Å². The molecule has 0 spiro atoms. The van der Waals surface area contributed by atoms with Crippen LogP contribution in [0, 0.1) is 0 Å². The number of pyridine rings is 1. The van der Waals surface area contributed by atoms with E-state index in [1.165, 1.54) is 49.7 Å². The first-order valence-electron chi connectivity index (χ1n) is 15.9. The van der Waals surface area contributed by atoms with Crippen molar-refractivity contribution in [1.29, 1.82) is 0 Å². The minimum atomic E-state index is -0.134. The average molecular weight is 590 g/mol. The summed E-state index contributed by atoms with van der Waals surface area (Å²) < 4.78 is 6.28. The zero-order valence-electron chi connectivity index (χ0n) is 25.8. The SMILES string of the molecule is CC1(C)c2cc(-c3cccc(-c4cc(-c5ccccc5)nc(-c5ccccc5)c4)c3)ccc2-c2c1ccc1oc3ccccc3c21. The molecule has 0 amide bonds. The molecule has 2 nitrogen and oxygen atoms in total. The van der Waals surface area contributed by atoms with Gasteiger partial charge in [-0.25, -0.2) is 4.98 Å². The third kappa shape index (κ3) is 4.14. The van der Waals surface area contributed by atoms with Gasteiger partial charge in [0.1, 0.15) is 11.2 Å². The Morgan fingerprint density at radius 1 is 0.457 bits per heavy atom. The molecule has 218 valence electrons. The van der Waals surface area contributed by atoms with E-state index in [1.54, 1.807) is 0 Å². The lowest BCUT2D eigenvalue weighted by Crippen LogP contribution is -2.14. The quantitative estimate of drug-likeness (QED) is 0.204. The minimum Gasteiger partial charge on any atom is -0.456 e. The maximum absolute atomic E-state index is 6.28. The topological polar surface area (TPSA) is 26.0 Å². The molecule has 2 heteroatoms. The smallest absolute Gasteiger partial charge is 0.136 e. The molecule has 9 rings (SSSR count). The Balaban J connectivity index is 1.17. The van der Waals surface area contributed by atoms with Crippen LogP contribution in [0.15, 0.2) is 156 Å². The van der Waals surface area contributed by atoms with E-state index in [0.29, 0.717) is 0 Å². The predicted octanol–water partition coefficient (Wildman–Crippen LogP) is 12.0. The summed E-state index contributed by atoms with van der Waals surface area (Å²) in [4.78, 5) is 5.08. The first-order chi connectivity index (χ1) is 22.5. The Kier molecular flexibility index (Phi) is 5.88. The van der Waals surface area contributed by atoms with Crippen molar-refractivity contribution in [2.45, 2.75) is 19.3 Å². The van der Waals surface area contributed by atoms with Gasteiger partial charge in [-0.15, -0.1) is 0 Å². The lowest BCUT2D eigenvalue weighted by Gasteiger charge is -2.22. The molecule has 0 unspecified atom stereocenters. The molecule has 1 aliphatic rings. The molecule has 0 saturated heterocycles. The zero-order valence-corrected chi connectivity index (χ0v) is 25.8. The minimum absolute atomic E-state index is 0.134. The van der Waals surface area contributed by atoms with Crippen molar-refractivity contribution in [1.82, 2.24) is 4.98 Å². The number of hydrogen-bond acceptors (Lipinski definition) is 2. The van der Waals surface area contributed by atoms with Crippen LogP contribution in [0.1, 0.15) is 25.0 Å². The third-order valence-electron chi connectivity index (χ3n) is 9.67. The van der Waals surface area contributed by atoms with Gasteiger partial charge in [0.05, 0.1) is 11.4 Å². The highest BCUT2D eigenvalue weighted by Gasteiger charge is 2.37. The van der Waals surface area contributed by atoms with Gasteiger partial charge in [-0.1, -0.05) is 129 Å². The summed E-state index contributed by atoms with van der Waals surface area (Å²) in [5.41, 5.74) is 16.0. The first kappa shape index (κ1) is 26.7. The van der Waals surface area contributed by atoms with Crippen LogP contribution in [-0.2, 0) is 5.41 Å². The third-order valence-corrected chi connectivity index (χ3v) is 9.67. The van der Waals surface area contributed by atoms with Crippen molar-refractivity contribution in [3.63, 3.8) is 0 Å². The number of fused-ring (bicyclic) bond motifs is 7. The molecule has 0 radical (unpaired) electrons. The number of furan rings is 1. The van der Waals surface area contributed by atoms with Gasteiger partial charge >= 0.3 is 0 Å². The summed E-state index contributed by atoms with van der Waals surface area (Å²) in [6.07, 6.45) is 0. The molecule has 0 fully saturated rings. The number of benzene rings is 6. The largest absolute Gasteiger partial charge is 0.456 e. The molecule has 0 aliphatic heterocycles. The molecule has 2 heterocycles. The Hall–Kier alpha value is -5.73. The van der Waals surface area contributed by atoms with E-state index in [0.717, 1.165) is 39.2 Å². The van der Waals surface area contributed by atoms with Crippen LogP contribution < -0.4 is 0 Å². The molecular formula is C44H31NO. The average Bonchev–Trinajstić information content (AvgIpc) is 3.60. The second kappa shape index (κ2) is 10.2. The second-order valence-corrected chi connectivity index (χ2v) is 12.8. The number of nitrogens with zero attached hydrogens (tertiary/aromatic N) is 1. The van der Waals surface area contributed by atoms with Crippen LogP contribution in [0.5, 0.6) is 0 Å². The molecule has 0 N–H and O–H groups in total. The lowest BCUT2D eigenvalue weighted by molar-refractivity contribution is 0.657. The maximum atomic E-state index is 6.28. The highest BCUT2D eigenvalue weighted by atomic mass is 16.3. The molecule has 6 aromatic carbocycles. The standard InChI is InChI=1S/C44H31NO/c1-44(2)36-22-23-41-43(35-18-9-10-19-40(35)46-41)42(36)34-21-20-32(25-37(34)44)30-16-11-17-31(24-30)33-26-38(28-12-5-3-6-13-28)45-39(27-33)29-14-7-4-8-15-29/h3-27H,1-2H3. The Labute approximate surface area is 268 Å². The fourth-order valence-electron chi connectivity index (χ4n) is 7.31. The predicted molar refractivity (Wildman–Crippen MR) is 191 cm³/mol. The van der Waals surface area contributed by atoms with Gasteiger partial charge in [-0.3, -0.25) is 0 Å². The van der Waals surface area contributed by atoms with E-state index in [4.69, 9.17) is 9.40 Å². The van der Waals surface area contributed by atoms with Crippen molar-refractivity contribution < 1.29 is 4.42 Å². The van der Waals surface area contributed by atoms with E-state index in [1.807, 2.05) is 18.2 Å². The van der Waals surface area contributed by atoms with E-state index in [2.05, 4.69) is 147 Å². The van der Waals surface area contributed by atoms with Crippen molar-refractivity contribution in [2.75, 3.05) is 0 Å². The Morgan fingerprint density at radius 2 is 1.07 bits per heavy atom. The molecule has 1 aliphatic carbocycles. The summed E-state index contributed by atoms with van der Waals surface area (Å²) in [6, 6.07) is 54.0. The van der Waals surface area contributed by atoms with E-state index in [9.17, 15) is 0 Å². The molecule has 0 bridgehead atoms. The van der Waals surface area contributed by atoms with Crippen molar-refractivity contribution >= 4 is 21.9 Å². The van der Waals surface area contributed by atoms with E-state index in [-0.39, 0.29) is 5.41 Å². The highest BCUT2D eigenvalue weighted by molar-refractivity contribution is 6.15. The van der Waals surface area contributed by atoms with Crippen LogP contribution in [0.3, 0.4) is 0 Å². The molecule has 0 atom stereocenters. The van der Waals surface area contributed by atoms with Crippen LogP contribution in [0.25, 0.3) is 77.8 Å². The van der Waals surface area contributed by atoms with Gasteiger partial charge in [-0.05, 0) is 80.9 Å². The lowest BCUT2D eigenvalue weighted by atomic mass is 9.81. The molecule has 46 heavy (non-hydrogen) atoms. The summed E-state index contributed by atoms with van der Waals surface area (Å²) in [7, 11) is 0. The summed E-state index contributed by atoms with van der Waals surface area (Å²) >= 11 is 0. The van der Waals surface area contributed by atoms with Gasteiger partial charge < -0.3 is 4.42 Å². The second-order valence-electron chi connectivity index (χ2n) is 12.8. The van der Waals surface area contributed by atoms with Gasteiger partial charge in [0, 0.05) is 27.3 Å². The van der Waals surface area contributed by atoms with Crippen LogP contribution >= 0.6 is 0 Å². The van der Waals surface area contributed by atoms with Gasteiger partial charge in [-0.2, -0.15) is 0 Å². The maximum Gasteiger partial charge on any atom is 0.136 e. The Bertz CT molecular complexity index is 2380. The highest BCUT2D eigenvalue weighted by Crippen LogP contribution is 2.53. The van der Waals surface area contributed by atoms with E-state index >= 15 is 0 Å². The normalized spacial score (nSPS) is 13.2. The Morgan fingerprint density at radius 3 is 1.78 bits per heavy atom. The summed E-state index contributed by atoms with van der Waals surface area (Å²) in [5, 5.41) is 2.40. The van der Waals surface area contributed by atoms with Crippen LogP contribution in [-0.4, -0.2) is 4.98 Å². The van der Waals surface area contributed by atoms with E-state index < -0.39 is 0 Å². The van der Waals surface area contributed by atoms with Crippen LogP contribution in [0.2, 0.25) is 0 Å². The molecule has 2 aromatic heterocycles. The summed E-state index contributed by atoms with van der Waals surface area (Å²) in [6.45, 7) is 4.69. The van der Waals surface area contributed by atoms with Gasteiger partial charge in [0.15, 0.2) is 0 Å². The fourth-order valence-corrected chi connectivity index (χ4v) is 7.31. The van der Waals surface area contributed by atoms with Gasteiger partial charge in [0.25, 0.3) is 0 Å². The van der Waals surface area contributed by atoms with Crippen LogP contribution in [0.4, 0.5) is 0 Å². The number of hydrogen-bond donors (Lipinski definition) is 0. The molecular weight excluding hydrogens is 558 g/mol. The number of aromatic nitrogens is 1. The molecule has 8 aromatic rings. The summed E-state index contributed by atoms with van der Waals surface area (Å²) in [5.74, 6) is 0.